The fourth-order valence-corrected chi connectivity index (χ4v) is 1.21. The predicted octanol–water partition coefficient (Wildman–Crippen LogP) is 1.59. The molecule has 0 saturated carbocycles. The van der Waals surface area contributed by atoms with Crippen molar-refractivity contribution in [1.29, 1.82) is 0 Å². The van der Waals surface area contributed by atoms with Gasteiger partial charge in [-0.05, 0) is 18.2 Å². The maximum Gasteiger partial charge on any atom is 0.259 e. The van der Waals surface area contributed by atoms with E-state index in [9.17, 15) is 4.21 Å². The molecule has 0 aromatic heterocycles. The molecule has 1 aromatic carbocycles. The molecule has 0 bridgehead atoms. The van der Waals surface area contributed by atoms with Crippen LogP contribution in [0.1, 0.15) is 0 Å². The van der Waals surface area contributed by atoms with Crippen molar-refractivity contribution in [2.24, 2.45) is 0 Å². The van der Waals surface area contributed by atoms with E-state index >= 15 is 0 Å². The number of halogens is 1. The van der Waals surface area contributed by atoms with E-state index in [4.69, 9.17) is 21.3 Å². The molecular weight excluding hydrogens is 202 g/mol. The zero-order chi connectivity index (χ0) is 9.14. The fourth-order valence-electron chi connectivity index (χ4n) is 0.684. The lowest BCUT2D eigenvalue weighted by Crippen LogP contribution is -2.01. The Kier molecular flexibility index (Phi) is 2.91. The SMILES string of the molecule is O=S(O)Nc1cc(Cl)ccc1O. The van der Waals surface area contributed by atoms with E-state index in [-0.39, 0.29) is 11.4 Å². The van der Waals surface area contributed by atoms with Gasteiger partial charge in [0.1, 0.15) is 5.75 Å². The van der Waals surface area contributed by atoms with Crippen LogP contribution in [0, 0.1) is 0 Å². The molecule has 0 spiro atoms. The highest BCUT2D eigenvalue weighted by Crippen LogP contribution is 2.26. The van der Waals surface area contributed by atoms with Gasteiger partial charge >= 0.3 is 0 Å². The van der Waals surface area contributed by atoms with Crippen molar-refractivity contribution in [2.75, 3.05) is 4.72 Å². The van der Waals surface area contributed by atoms with Crippen LogP contribution < -0.4 is 4.72 Å². The second-order valence-corrected chi connectivity index (χ2v) is 3.15. The summed E-state index contributed by atoms with van der Waals surface area (Å²) in [6.07, 6.45) is 0. The normalized spacial score (nSPS) is 12.5. The third-order valence-corrected chi connectivity index (χ3v) is 1.79. The van der Waals surface area contributed by atoms with Crippen molar-refractivity contribution in [3.8, 4) is 5.75 Å². The summed E-state index contributed by atoms with van der Waals surface area (Å²) in [6.45, 7) is 0. The van der Waals surface area contributed by atoms with E-state index in [0.717, 1.165) is 0 Å². The third-order valence-electron chi connectivity index (χ3n) is 1.16. The molecule has 0 amide bonds. The number of nitrogens with one attached hydrogen (secondary N) is 1. The minimum atomic E-state index is -2.20. The Labute approximate surface area is 76.6 Å². The van der Waals surface area contributed by atoms with Gasteiger partial charge in [-0.2, -0.15) is 0 Å². The van der Waals surface area contributed by atoms with Crippen molar-refractivity contribution < 1.29 is 13.9 Å². The number of aromatic hydroxyl groups is 1. The number of benzene rings is 1. The smallest absolute Gasteiger partial charge is 0.259 e. The molecule has 1 rings (SSSR count). The molecule has 0 aliphatic heterocycles. The molecule has 6 heteroatoms. The minimum absolute atomic E-state index is 0.123. The number of phenols is 1. The minimum Gasteiger partial charge on any atom is -0.506 e. The Hall–Kier alpha value is -0.780. The van der Waals surface area contributed by atoms with Crippen molar-refractivity contribution in [2.45, 2.75) is 0 Å². The zero-order valence-electron chi connectivity index (χ0n) is 5.82. The molecule has 0 saturated heterocycles. The van der Waals surface area contributed by atoms with Crippen LogP contribution in [-0.4, -0.2) is 13.9 Å². The first-order valence-electron chi connectivity index (χ1n) is 2.95. The van der Waals surface area contributed by atoms with Crippen LogP contribution >= 0.6 is 11.6 Å². The summed E-state index contributed by atoms with van der Waals surface area (Å²) in [5, 5.41) is 9.49. The van der Waals surface area contributed by atoms with Crippen LogP contribution in [0.15, 0.2) is 18.2 Å². The van der Waals surface area contributed by atoms with Crippen molar-refractivity contribution in [1.82, 2.24) is 0 Å². The van der Waals surface area contributed by atoms with E-state index in [1.54, 1.807) is 0 Å². The number of anilines is 1. The van der Waals surface area contributed by atoms with Crippen molar-refractivity contribution >= 4 is 28.6 Å². The average Bonchev–Trinajstić information content (AvgIpc) is 1.96. The van der Waals surface area contributed by atoms with Gasteiger partial charge in [-0.3, -0.25) is 9.27 Å². The second kappa shape index (κ2) is 3.75. The Balaban J connectivity index is 2.97. The molecule has 0 aliphatic rings. The molecule has 1 atom stereocenters. The Morgan fingerprint density at radius 1 is 1.50 bits per heavy atom. The molecule has 0 fully saturated rings. The molecule has 0 aliphatic carbocycles. The van der Waals surface area contributed by atoms with Crippen LogP contribution in [0.4, 0.5) is 5.69 Å². The zero-order valence-corrected chi connectivity index (χ0v) is 7.39. The van der Waals surface area contributed by atoms with Crippen LogP contribution in [-0.2, 0) is 11.3 Å². The monoisotopic (exact) mass is 207 g/mol. The molecular formula is C6H6ClNO3S. The Bertz CT molecular complexity index is 318. The maximum atomic E-state index is 10.3. The molecule has 66 valence electrons. The summed E-state index contributed by atoms with van der Waals surface area (Å²) in [5.41, 5.74) is 0.128. The molecule has 0 radical (unpaired) electrons. The highest BCUT2D eigenvalue weighted by atomic mass is 35.5. The number of rotatable bonds is 2. The van der Waals surface area contributed by atoms with Gasteiger partial charge in [0, 0.05) is 5.02 Å². The summed E-state index contributed by atoms with van der Waals surface area (Å²) in [5.74, 6) is -0.123. The van der Waals surface area contributed by atoms with Gasteiger partial charge in [-0.25, -0.2) is 4.21 Å². The van der Waals surface area contributed by atoms with Crippen molar-refractivity contribution in [3.05, 3.63) is 23.2 Å². The first kappa shape index (κ1) is 9.31. The maximum absolute atomic E-state index is 10.3. The van der Waals surface area contributed by atoms with Crippen LogP contribution in [0.25, 0.3) is 0 Å². The first-order chi connectivity index (χ1) is 5.59. The van der Waals surface area contributed by atoms with Gasteiger partial charge in [-0.1, -0.05) is 11.6 Å². The van der Waals surface area contributed by atoms with Crippen LogP contribution in [0.2, 0.25) is 5.02 Å². The van der Waals surface area contributed by atoms with E-state index in [0.29, 0.717) is 5.02 Å². The van der Waals surface area contributed by atoms with Gasteiger partial charge < -0.3 is 5.11 Å². The van der Waals surface area contributed by atoms with Gasteiger partial charge in [-0.15, -0.1) is 0 Å². The lowest BCUT2D eigenvalue weighted by Gasteiger charge is -2.03. The molecule has 0 heterocycles. The van der Waals surface area contributed by atoms with Gasteiger partial charge in [0.2, 0.25) is 0 Å². The number of hydrogen-bond donors (Lipinski definition) is 3. The second-order valence-electron chi connectivity index (χ2n) is 2.01. The Morgan fingerprint density at radius 3 is 2.75 bits per heavy atom. The number of phenolic OH excluding ortho intramolecular Hbond substituents is 1. The lowest BCUT2D eigenvalue weighted by molar-refractivity contribution is 0.477. The third kappa shape index (κ3) is 2.37. The van der Waals surface area contributed by atoms with Gasteiger partial charge in [0.25, 0.3) is 11.3 Å². The highest BCUT2D eigenvalue weighted by molar-refractivity contribution is 7.80. The van der Waals surface area contributed by atoms with Crippen LogP contribution in [0.3, 0.4) is 0 Å². The molecule has 12 heavy (non-hydrogen) atoms. The summed E-state index contributed by atoms with van der Waals surface area (Å²) in [6, 6.07) is 4.16. The van der Waals surface area contributed by atoms with Crippen LogP contribution in [0.5, 0.6) is 5.75 Å². The summed E-state index contributed by atoms with van der Waals surface area (Å²) >= 11 is 3.36. The fraction of sp³-hybridized carbons (Fsp3) is 0. The molecule has 3 N–H and O–H groups in total. The predicted molar refractivity (Wildman–Crippen MR) is 47.5 cm³/mol. The van der Waals surface area contributed by atoms with E-state index in [2.05, 4.69) is 4.72 Å². The summed E-state index contributed by atoms with van der Waals surface area (Å²) in [4.78, 5) is 0. The topological polar surface area (TPSA) is 69.6 Å². The van der Waals surface area contributed by atoms with E-state index < -0.39 is 11.3 Å². The average molecular weight is 208 g/mol. The van der Waals surface area contributed by atoms with E-state index in [1.807, 2.05) is 0 Å². The molecule has 1 aromatic rings. The Morgan fingerprint density at radius 2 is 2.17 bits per heavy atom. The van der Waals surface area contributed by atoms with Gasteiger partial charge in [0.05, 0.1) is 5.69 Å². The first-order valence-corrected chi connectivity index (χ1v) is 4.44. The standard InChI is InChI=1S/C6H6ClNO3S/c7-4-1-2-6(9)5(3-4)8-12(10)11/h1-3,8-9H,(H,10,11). The lowest BCUT2D eigenvalue weighted by atomic mass is 10.3. The molecule has 4 nitrogen and oxygen atoms in total. The van der Waals surface area contributed by atoms with Crippen molar-refractivity contribution in [3.63, 3.8) is 0 Å². The number of hydrogen-bond acceptors (Lipinski definition) is 2. The summed E-state index contributed by atoms with van der Waals surface area (Å²) < 4.78 is 20.8. The van der Waals surface area contributed by atoms with Gasteiger partial charge in [0.15, 0.2) is 0 Å². The quantitative estimate of drug-likeness (QED) is 0.510. The summed E-state index contributed by atoms with van der Waals surface area (Å²) in [7, 11) is 0. The molecule has 1 unspecified atom stereocenters. The largest absolute Gasteiger partial charge is 0.506 e. The highest BCUT2D eigenvalue weighted by Gasteiger charge is 2.02. The van der Waals surface area contributed by atoms with E-state index in [1.165, 1.54) is 18.2 Å².